The molecule has 2 aliphatic rings. The van der Waals surface area contributed by atoms with Gasteiger partial charge in [0.25, 0.3) is 5.91 Å². The Morgan fingerprint density at radius 2 is 1.80 bits per heavy atom. The van der Waals surface area contributed by atoms with Crippen LogP contribution in [0, 0.1) is 0 Å². The van der Waals surface area contributed by atoms with Gasteiger partial charge in [0.05, 0.1) is 31.0 Å². The second kappa shape index (κ2) is 9.83. The van der Waals surface area contributed by atoms with Gasteiger partial charge in [0.15, 0.2) is 11.5 Å². The average Bonchev–Trinajstić information content (AvgIpc) is 3.41. The molecular formula is C33H29N3O4. The maximum absolute atomic E-state index is 13.1. The standard InChI is InChI=1S/C33H29N3O4/c1-39-28-17-25-26(34-19-23-9-4-14-36(23)33(25)38)18-29(28)40-15-5-11-30(37)35-27-16-22-8-2-6-20-12-13-21-7-3-10-24(27)32(21)31(20)22/h2-3,6-8,10,12-13,16-19,23H,4-5,9,11,14-15H2,1H3,(H,35,37)/t23-/m0/s1. The van der Waals surface area contributed by atoms with E-state index in [-0.39, 0.29) is 17.9 Å². The number of rotatable bonds is 7. The van der Waals surface area contributed by atoms with Crippen molar-refractivity contribution in [1.82, 2.24) is 4.90 Å². The van der Waals surface area contributed by atoms with Crippen molar-refractivity contribution in [1.29, 1.82) is 0 Å². The smallest absolute Gasteiger partial charge is 0.256 e. The fourth-order valence-corrected chi connectivity index (χ4v) is 6.11. The quantitative estimate of drug-likeness (QED) is 0.187. The number of carbonyl (C=O) groups is 2. The second-order valence-corrected chi connectivity index (χ2v) is 10.5. The van der Waals surface area contributed by atoms with Crippen LogP contribution in [0.5, 0.6) is 11.5 Å². The van der Waals surface area contributed by atoms with Crippen molar-refractivity contribution >= 4 is 61.7 Å². The number of fused-ring (bicyclic) bond motifs is 2. The monoisotopic (exact) mass is 531 g/mol. The van der Waals surface area contributed by atoms with E-state index in [1.54, 1.807) is 19.2 Å². The number of hydrogen-bond donors (Lipinski definition) is 1. The number of benzene rings is 5. The Balaban J connectivity index is 1.05. The van der Waals surface area contributed by atoms with Crippen molar-refractivity contribution in [3.05, 3.63) is 72.3 Å². The van der Waals surface area contributed by atoms with Crippen LogP contribution in [0.2, 0.25) is 0 Å². The zero-order valence-electron chi connectivity index (χ0n) is 22.3. The van der Waals surface area contributed by atoms with Crippen molar-refractivity contribution < 1.29 is 19.1 Å². The lowest BCUT2D eigenvalue weighted by Gasteiger charge is -2.20. The SMILES string of the molecule is COc1cc2c(cc1OCCCC(=O)Nc1cc3cccc4ccc5cccc1c5c43)N=C[C@@H]1CCCN1C2=O. The van der Waals surface area contributed by atoms with E-state index in [9.17, 15) is 9.59 Å². The van der Waals surface area contributed by atoms with E-state index >= 15 is 0 Å². The van der Waals surface area contributed by atoms with E-state index < -0.39 is 0 Å². The Labute approximate surface area is 231 Å². The molecule has 200 valence electrons. The molecule has 5 aromatic carbocycles. The van der Waals surface area contributed by atoms with Gasteiger partial charge in [0.2, 0.25) is 5.91 Å². The molecule has 2 amide bonds. The molecule has 7 nitrogen and oxygen atoms in total. The molecule has 0 bridgehead atoms. The van der Waals surface area contributed by atoms with Crippen LogP contribution in [-0.2, 0) is 4.79 Å². The summed E-state index contributed by atoms with van der Waals surface area (Å²) in [6, 6.07) is 22.3. The third kappa shape index (κ3) is 4.09. The van der Waals surface area contributed by atoms with Gasteiger partial charge in [-0.05, 0) is 58.3 Å². The molecule has 7 rings (SSSR count). The molecule has 0 radical (unpaired) electrons. The van der Waals surface area contributed by atoms with Gasteiger partial charge < -0.3 is 19.7 Å². The van der Waals surface area contributed by atoms with Crippen molar-refractivity contribution in [3.8, 4) is 11.5 Å². The first-order valence-corrected chi connectivity index (χ1v) is 13.8. The van der Waals surface area contributed by atoms with Crippen LogP contribution in [0.25, 0.3) is 32.3 Å². The molecule has 1 fully saturated rings. The van der Waals surface area contributed by atoms with Crippen LogP contribution in [-0.4, -0.2) is 49.2 Å². The van der Waals surface area contributed by atoms with E-state index in [1.807, 2.05) is 23.2 Å². The van der Waals surface area contributed by atoms with Gasteiger partial charge >= 0.3 is 0 Å². The summed E-state index contributed by atoms with van der Waals surface area (Å²) in [4.78, 5) is 32.5. The normalized spacial score (nSPS) is 16.4. The molecule has 1 N–H and O–H groups in total. The molecule has 40 heavy (non-hydrogen) atoms. The van der Waals surface area contributed by atoms with E-state index in [0.717, 1.165) is 41.2 Å². The first-order valence-electron chi connectivity index (χ1n) is 13.8. The predicted molar refractivity (Wildman–Crippen MR) is 159 cm³/mol. The van der Waals surface area contributed by atoms with Gasteiger partial charge in [-0.2, -0.15) is 0 Å². The fraction of sp³-hybridized carbons (Fsp3) is 0.242. The maximum Gasteiger partial charge on any atom is 0.256 e. The van der Waals surface area contributed by atoms with Crippen molar-refractivity contribution in [2.45, 2.75) is 31.7 Å². The largest absolute Gasteiger partial charge is 0.493 e. The summed E-state index contributed by atoms with van der Waals surface area (Å²) in [6.07, 6.45) is 4.60. The van der Waals surface area contributed by atoms with Crippen molar-refractivity contribution in [2.24, 2.45) is 4.99 Å². The van der Waals surface area contributed by atoms with Gasteiger partial charge in [-0.3, -0.25) is 14.6 Å². The zero-order chi connectivity index (χ0) is 27.2. The number of ether oxygens (including phenoxy) is 2. The number of nitrogens with zero attached hydrogens (tertiary/aromatic N) is 2. The summed E-state index contributed by atoms with van der Waals surface area (Å²) in [6.45, 7) is 1.07. The van der Waals surface area contributed by atoms with Crippen LogP contribution in [0.3, 0.4) is 0 Å². The number of carbonyl (C=O) groups excluding carboxylic acids is 2. The summed E-state index contributed by atoms with van der Waals surface area (Å²) in [5, 5.41) is 10.0. The summed E-state index contributed by atoms with van der Waals surface area (Å²) in [5.74, 6) is 0.906. The highest BCUT2D eigenvalue weighted by Crippen LogP contribution is 2.39. The molecule has 0 unspecified atom stereocenters. The fourth-order valence-electron chi connectivity index (χ4n) is 6.11. The number of anilines is 1. The number of aliphatic imine (C=N–C) groups is 1. The molecule has 0 saturated carbocycles. The van der Waals surface area contributed by atoms with Gasteiger partial charge in [-0.25, -0.2) is 0 Å². The summed E-state index contributed by atoms with van der Waals surface area (Å²) in [7, 11) is 1.56. The third-order valence-electron chi connectivity index (χ3n) is 8.05. The van der Waals surface area contributed by atoms with E-state index in [2.05, 4.69) is 52.8 Å². The van der Waals surface area contributed by atoms with Gasteiger partial charge in [0, 0.05) is 36.3 Å². The molecule has 2 aliphatic heterocycles. The number of amides is 2. The molecule has 0 aromatic heterocycles. The summed E-state index contributed by atoms with van der Waals surface area (Å²) >= 11 is 0. The molecule has 7 heteroatoms. The zero-order valence-corrected chi connectivity index (χ0v) is 22.3. The maximum atomic E-state index is 13.1. The first-order chi connectivity index (χ1) is 19.6. The Morgan fingerprint density at radius 3 is 2.65 bits per heavy atom. The van der Waals surface area contributed by atoms with Crippen LogP contribution in [0.1, 0.15) is 36.0 Å². The van der Waals surface area contributed by atoms with Crippen LogP contribution in [0.15, 0.2) is 71.7 Å². The van der Waals surface area contributed by atoms with E-state index in [0.29, 0.717) is 42.2 Å². The molecule has 5 aromatic rings. The Hall–Kier alpha value is -4.65. The number of hydrogen-bond acceptors (Lipinski definition) is 5. The lowest BCUT2D eigenvalue weighted by molar-refractivity contribution is -0.116. The Kier molecular flexibility index (Phi) is 5.99. The minimum atomic E-state index is -0.0666. The second-order valence-electron chi connectivity index (χ2n) is 10.5. The molecule has 1 atom stereocenters. The lowest BCUT2D eigenvalue weighted by Crippen LogP contribution is -2.35. The number of methoxy groups -OCH3 is 1. The number of nitrogens with one attached hydrogen (secondary N) is 1. The predicted octanol–water partition coefficient (Wildman–Crippen LogP) is 6.71. The highest BCUT2D eigenvalue weighted by atomic mass is 16.5. The van der Waals surface area contributed by atoms with Crippen LogP contribution in [0.4, 0.5) is 11.4 Å². The van der Waals surface area contributed by atoms with Crippen LogP contribution >= 0.6 is 0 Å². The molecule has 1 saturated heterocycles. The van der Waals surface area contributed by atoms with Crippen LogP contribution < -0.4 is 14.8 Å². The van der Waals surface area contributed by atoms with Gasteiger partial charge in [-0.1, -0.05) is 48.5 Å². The first kappa shape index (κ1) is 24.4. The molecule has 0 spiro atoms. The Bertz CT molecular complexity index is 1810. The average molecular weight is 532 g/mol. The van der Waals surface area contributed by atoms with Gasteiger partial charge in [-0.15, -0.1) is 0 Å². The summed E-state index contributed by atoms with van der Waals surface area (Å²) in [5.41, 5.74) is 1.93. The van der Waals surface area contributed by atoms with E-state index in [4.69, 9.17) is 9.47 Å². The Morgan fingerprint density at radius 1 is 1.00 bits per heavy atom. The molecular weight excluding hydrogens is 502 g/mol. The lowest BCUT2D eigenvalue weighted by atomic mass is 9.93. The van der Waals surface area contributed by atoms with E-state index in [1.165, 1.54) is 16.2 Å². The topological polar surface area (TPSA) is 80.2 Å². The van der Waals surface area contributed by atoms with Crippen molar-refractivity contribution in [2.75, 3.05) is 25.6 Å². The minimum absolute atomic E-state index is 0.0249. The summed E-state index contributed by atoms with van der Waals surface area (Å²) < 4.78 is 11.6. The van der Waals surface area contributed by atoms with Gasteiger partial charge in [0.1, 0.15) is 0 Å². The third-order valence-corrected chi connectivity index (χ3v) is 8.05. The molecule has 0 aliphatic carbocycles. The minimum Gasteiger partial charge on any atom is -0.493 e. The highest BCUT2D eigenvalue weighted by Gasteiger charge is 2.32. The molecule has 2 heterocycles. The van der Waals surface area contributed by atoms with Crippen molar-refractivity contribution in [3.63, 3.8) is 0 Å². The highest BCUT2D eigenvalue weighted by molar-refractivity contribution is 6.26.